The van der Waals surface area contributed by atoms with Crippen molar-refractivity contribution in [3.63, 3.8) is 0 Å². The molecule has 0 radical (unpaired) electrons. The fourth-order valence-corrected chi connectivity index (χ4v) is 4.22. The topological polar surface area (TPSA) is 61.6 Å². The van der Waals surface area contributed by atoms with E-state index in [0.29, 0.717) is 18.9 Å². The Morgan fingerprint density at radius 3 is 2.56 bits per heavy atom. The molecular formula is C19H32N4O2. The van der Waals surface area contributed by atoms with E-state index in [0.717, 1.165) is 25.1 Å². The predicted molar refractivity (Wildman–Crippen MR) is 97.1 cm³/mol. The van der Waals surface area contributed by atoms with Crippen molar-refractivity contribution in [1.82, 2.24) is 19.6 Å². The van der Waals surface area contributed by atoms with Gasteiger partial charge in [0.05, 0.1) is 6.20 Å². The van der Waals surface area contributed by atoms with Gasteiger partial charge in [0, 0.05) is 51.8 Å². The first-order chi connectivity index (χ1) is 12.2. The zero-order chi connectivity index (χ0) is 17.6. The van der Waals surface area contributed by atoms with Crippen LogP contribution >= 0.6 is 0 Å². The van der Waals surface area contributed by atoms with E-state index in [-0.39, 0.29) is 18.4 Å². The Morgan fingerprint density at radius 2 is 1.92 bits per heavy atom. The molecule has 1 aromatic rings. The summed E-state index contributed by atoms with van der Waals surface area (Å²) in [6, 6.07) is 0. The molecule has 2 aliphatic heterocycles. The van der Waals surface area contributed by atoms with Crippen LogP contribution in [0.15, 0.2) is 12.4 Å². The lowest BCUT2D eigenvalue weighted by molar-refractivity contribution is -0.130. The van der Waals surface area contributed by atoms with E-state index in [1.807, 2.05) is 24.3 Å². The lowest BCUT2D eigenvalue weighted by atomic mass is 9.96. The summed E-state index contributed by atoms with van der Waals surface area (Å²) in [7, 11) is 1.89. The first-order valence-electron chi connectivity index (χ1n) is 9.74. The second kappa shape index (κ2) is 8.81. The Balaban J connectivity index is 1.50. The zero-order valence-electron chi connectivity index (χ0n) is 15.4. The smallest absolute Gasteiger partial charge is 0.222 e. The van der Waals surface area contributed by atoms with Gasteiger partial charge in [0.25, 0.3) is 0 Å². The Kier molecular flexibility index (Phi) is 6.48. The fourth-order valence-electron chi connectivity index (χ4n) is 4.22. The zero-order valence-corrected chi connectivity index (χ0v) is 15.4. The number of aliphatic hydroxyl groups is 1. The Labute approximate surface area is 150 Å². The lowest BCUT2D eigenvalue weighted by Gasteiger charge is -2.26. The first kappa shape index (κ1) is 18.4. The van der Waals surface area contributed by atoms with Crippen LogP contribution in [-0.4, -0.2) is 69.9 Å². The predicted octanol–water partition coefficient (Wildman–Crippen LogP) is 1.30. The molecule has 1 aromatic heterocycles. The highest BCUT2D eigenvalue weighted by molar-refractivity contribution is 5.76. The second-order valence-electron chi connectivity index (χ2n) is 7.74. The van der Waals surface area contributed by atoms with E-state index in [4.69, 9.17) is 0 Å². The number of aryl methyl sites for hydroxylation is 2. The number of hydrogen-bond donors (Lipinski definition) is 1. The number of amides is 1. The molecule has 2 atom stereocenters. The average molecular weight is 348 g/mol. The highest BCUT2D eigenvalue weighted by atomic mass is 16.3. The second-order valence-corrected chi connectivity index (χ2v) is 7.74. The fraction of sp³-hybridized carbons (Fsp3) is 0.789. The van der Waals surface area contributed by atoms with E-state index in [1.54, 1.807) is 4.68 Å². The molecule has 2 fully saturated rings. The van der Waals surface area contributed by atoms with Gasteiger partial charge in [0.2, 0.25) is 5.91 Å². The standard InChI is InChI=1S/C19H32N4O2/c1-21-11-16(10-20-21)6-7-19(25)23-13-17(18(14-23)15-24)12-22-8-4-2-3-5-9-22/h10-11,17-18,24H,2-9,12-15H2,1H3/t17-,18-/m1/s1. The normalized spacial score (nSPS) is 25.3. The molecule has 6 nitrogen and oxygen atoms in total. The first-order valence-corrected chi connectivity index (χ1v) is 9.74. The van der Waals surface area contributed by atoms with E-state index < -0.39 is 0 Å². The molecule has 2 aliphatic rings. The maximum Gasteiger partial charge on any atom is 0.222 e. The number of nitrogens with zero attached hydrogens (tertiary/aromatic N) is 4. The summed E-state index contributed by atoms with van der Waals surface area (Å²) < 4.78 is 1.77. The van der Waals surface area contributed by atoms with Gasteiger partial charge in [-0.15, -0.1) is 0 Å². The van der Waals surface area contributed by atoms with Crippen molar-refractivity contribution >= 4 is 5.91 Å². The van der Waals surface area contributed by atoms with Crippen LogP contribution in [0.3, 0.4) is 0 Å². The third kappa shape index (κ3) is 5.05. The van der Waals surface area contributed by atoms with Crippen molar-refractivity contribution in [3.8, 4) is 0 Å². The van der Waals surface area contributed by atoms with Crippen LogP contribution in [0.25, 0.3) is 0 Å². The van der Waals surface area contributed by atoms with Crippen molar-refractivity contribution in [2.45, 2.75) is 38.5 Å². The molecule has 140 valence electrons. The number of likely N-dealkylation sites (tertiary alicyclic amines) is 2. The van der Waals surface area contributed by atoms with Gasteiger partial charge in [-0.1, -0.05) is 12.8 Å². The highest BCUT2D eigenvalue weighted by Gasteiger charge is 2.35. The summed E-state index contributed by atoms with van der Waals surface area (Å²) in [5.41, 5.74) is 1.11. The molecular weight excluding hydrogens is 316 g/mol. The maximum atomic E-state index is 12.6. The maximum absolute atomic E-state index is 12.6. The number of hydrogen-bond acceptors (Lipinski definition) is 4. The quantitative estimate of drug-likeness (QED) is 0.842. The van der Waals surface area contributed by atoms with E-state index in [1.165, 1.54) is 38.8 Å². The van der Waals surface area contributed by atoms with Crippen LogP contribution < -0.4 is 0 Å². The molecule has 3 rings (SSSR count). The molecule has 0 unspecified atom stereocenters. The van der Waals surface area contributed by atoms with E-state index >= 15 is 0 Å². The van der Waals surface area contributed by atoms with Crippen LogP contribution in [0.5, 0.6) is 0 Å². The largest absolute Gasteiger partial charge is 0.396 e. The molecule has 6 heteroatoms. The van der Waals surface area contributed by atoms with Crippen LogP contribution in [0.1, 0.15) is 37.7 Å². The lowest BCUT2D eigenvalue weighted by Crippen LogP contribution is -2.35. The Bertz CT molecular complexity index is 551. The SMILES string of the molecule is Cn1cc(CCC(=O)N2C[C@@H](CN3CCCCCC3)[C@@H](CO)C2)cn1. The number of carbonyl (C=O) groups is 1. The van der Waals surface area contributed by atoms with Gasteiger partial charge in [-0.05, 0) is 43.8 Å². The van der Waals surface area contributed by atoms with Crippen molar-refractivity contribution < 1.29 is 9.90 Å². The minimum atomic E-state index is 0.185. The van der Waals surface area contributed by atoms with Crippen LogP contribution in [0.2, 0.25) is 0 Å². The van der Waals surface area contributed by atoms with Gasteiger partial charge >= 0.3 is 0 Å². The average Bonchev–Trinajstić information content (AvgIpc) is 3.11. The summed E-state index contributed by atoms with van der Waals surface area (Å²) in [5, 5.41) is 13.9. The van der Waals surface area contributed by atoms with Gasteiger partial charge in [-0.25, -0.2) is 0 Å². The molecule has 25 heavy (non-hydrogen) atoms. The van der Waals surface area contributed by atoms with Gasteiger partial charge in [-0.3, -0.25) is 9.48 Å². The number of aromatic nitrogens is 2. The van der Waals surface area contributed by atoms with Gasteiger partial charge in [0.1, 0.15) is 0 Å². The number of aliphatic hydroxyl groups excluding tert-OH is 1. The van der Waals surface area contributed by atoms with E-state index in [2.05, 4.69) is 10.00 Å². The molecule has 1 N–H and O–H groups in total. The van der Waals surface area contributed by atoms with Crippen molar-refractivity contribution in [1.29, 1.82) is 0 Å². The van der Waals surface area contributed by atoms with Gasteiger partial charge in [-0.2, -0.15) is 5.10 Å². The third-order valence-corrected chi connectivity index (χ3v) is 5.74. The van der Waals surface area contributed by atoms with Crippen LogP contribution in [0, 0.1) is 11.8 Å². The molecule has 0 aromatic carbocycles. The minimum Gasteiger partial charge on any atom is -0.396 e. The van der Waals surface area contributed by atoms with E-state index in [9.17, 15) is 9.90 Å². The monoisotopic (exact) mass is 348 g/mol. The van der Waals surface area contributed by atoms with Gasteiger partial charge in [0.15, 0.2) is 0 Å². The molecule has 0 spiro atoms. The number of rotatable bonds is 6. The molecule has 3 heterocycles. The van der Waals surface area contributed by atoms with Crippen molar-refractivity contribution in [3.05, 3.63) is 18.0 Å². The Morgan fingerprint density at radius 1 is 1.20 bits per heavy atom. The van der Waals surface area contributed by atoms with Crippen molar-refractivity contribution in [2.75, 3.05) is 39.3 Å². The molecule has 1 amide bonds. The Hall–Kier alpha value is -1.40. The summed E-state index contributed by atoms with van der Waals surface area (Å²) in [6.07, 6.45) is 10.3. The highest BCUT2D eigenvalue weighted by Crippen LogP contribution is 2.26. The summed E-state index contributed by atoms with van der Waals surface area (Å²) in [4.78, 5) is 17.1. The van der Waals surface area contributed by atoms with Crippen LogP contribution in [-0.2, 0) is 18.3 Å². The third-order valence-electron chi connectivity index (χ3n) is 5.74. The summed E-state index contributed by atoms with van der Waals surface area (Å²) in [5.74, 6) is 0.844. The summed E-state index contributed by atoms with van der Waals surface area (Å²) in [6.45, 7) is 5.06. The number of carbonyl (C=O) groups excluding carboxylic acids is 1. The van der Waals surface area contributed by atoms with Crippen molar-refractivity contribution in [2.24, 2.45) is 18.9 Å². The molecule has 2 saturated heterocycles. The molecule has 0 saturated carbocycles. The summed E-state index contributed by atoms with van der Waals surface area (Å²) >= 11 is 0. The van der Waals surface area contributed by atoms with Crippen LogP contribution in [0.4, 0.5) is 0 Å². The molecule has 0 aliphatic carbocycles. The minimum absolute atomic E-state index is 0.185. The molecule has 0 bridgehead atoms. The van der Waals surface area contributed by atoms with Gasteiger partial charge < -0.3 is 14.9 Å².